The first-order valence-corrected chi connectivity index (χ1v) is 6.29. The van der Waals surface area contributed by atoms with Crippen LogP contribution in [0.5, 0.6) is 0 Å². The molecule has 96 valence electrons. The zero-order valence-electron chi connectivity index (χ0n) is 10.6. The molecule has 1 aliphatic rings. The van der Waals surface area contributed by atoms with Crippen LogP contribution in [-0.4, -0.2) is 18.4 Å². The van der Waals surface area contributed by atoms with Crippen molar-refractivity contribution < 1.29 is 9.59 Å². The lowest BCUT2D eigenvalue weighted by Gasteiger charge is -2.15. The summed E-state index contributed by atoms with van der Waals surface area (Å²) in [6.45, 7) is 2.43. The lowest BCUT2D eigenvalue weighted by atomic mass is 10.1. The lowest BCUT2D eigenvalue weighted by Crippen LogP contribution is -2.30. The van der Waals surface area contributed by atoms with Gasteiger partial charge in [-0.25, -0.2) is 0 Å². The van der Waals surface area contributed by atoms with Crippen LogP contribution >= 0.6 is 0 Å². The van der Waals surface area contributed by atoms with Gasteiger partial charge in [-0.1, -0.05) is 19.1 Å². The Kier molecular flexibility index (Phi) is 3.77. The molecule has 0 bridgehead atoms. The van der Waals surface area contributed by atoms with Crippen molar-refractivity contribution in [3.05, 3.63) is 29.8 Å². The second-order valence-corrected chi connectivity index (χ2v) is 4.73. The van der Waals surface area contributed by atoms with E-state index in [0.29, 0.717) is 18.7 Å². The van der Waals surface area contributed by atoms with E-state index in [1.807, 2.05) is 18.2 Å². The molecule has 1 aromatic carbocycles. The maximum absolute atomic E-state index is 11.9. The van der Waals surface area contributed by atoms with Crippen molar-refractivity contribution in [1.82, 2.24) is 0 Å². The molecule has 1 atom stereocenters. The highest BCUT2D eigenvalue weighted by molar-refractivity contribution is 6.20. The van der Waals surface area contributed by atoms with Gasteiger partial charge in [-0.05, 0) is 37.1 Å². The van der Waals surface area contributed by atoms with Gasteiger partial charge in [0.25, 0.3) is 0 Å². The fraction of sp³-hybridized carbons (Fsp3) is 0.429. The maximum atomic E-state index is 11.9. The molecule has 2 rings (SSSR count). The summed E-state index contributed by atoms with van der Waals surface area (Å²) in [5.74, 6) is -0.412. The van der Waals surface area contributed by atoms with Crippen LogP contribution in [0.25, 0.3) is 0 Å². The van der Waals surface area contributed by atoms with Crippen LogP contribution in [-0.2, 0) is 16.0 Å². The minimum atomic E-state index is -0.204. The number of amides is 2. The first kappa shape index (κ1) is 12.8. The van der Waals surface area contributed by atoms with E-state index in [1.165, 1.54) is 4.90 Å². The highest BCUT2D eigenvalue weighted by atomic mass is 16.2. The largest absolute Gasteiger partial charge is 0.330 e. The van der Waals surface area contributed by atoms with Crippen molar-refractivity contribution >= 4 is 17.5 Å². The lowest BCUT2D eigenvalue weighted by molar-refractivity contribution is -0.122. The summed E-state index contributed by atoms with van der Waals surface area (Å²) in [6.07, 6.45) is 2.09. The van der Waals surface area contributed by atoms with Crippen molar-refractivity contribution in [2.45, 2.75) is 26.2 Å². The van der Waals surface area contributed by atoms with Gasteiger partial charge in [-0.2, -0.15) is 0 Å². The molecule has 1 aromatic rings. The summed E-state index contributed by atoms with van der Waals surface area (Å²) in [4.78, 5) is 25.0. The van der Waals surface area contributed by atoms with Crippen molar-refractivity contribution in [1.29, 1.82) is 0 Å². The standard InChI is InChI=1S/C14H18N2O2/c1-10-8-13(17)16(14(10)18)12-6-2-4-11(9-12)5-3-7-15/h2,4,6,9-10H,3,5,7-8,15H2,1H3. The molecular formula is C14H18N2O2. The van der Waals surface area contributed by atoms with Gasteiger partial charge in [0.05, 0.1) is 5.69 Å². The number of carbonyl (C=O) groups is 2. The summed E-state index contributed by atoms with van der Waals surface area (Å²) < 4.78 is 0. The van der Waals surface area contributed by atoms with Crippen LogP contribution in [0.3, 0.4) is 0 Å². The van der Waals surface area contributed by atoms with Crippen LogP contribution in [0.15, 0.2) is 24.3 Å². The third kappa shape index (κ3) is 2.43. The van der Waals surface area contributed by atoms with E-state index in [0.717, 1.165) is 18.4 Å². The molecule has 4 nitrogen and oxygen atoms in total. The Hall–Kier alpha value is -1.68. The number of imide groups is 1. The van der Waals surface area contributed by atoms with Crippen molar-refractivity contribution in [2.75, 3.05) is 11.4 Å². The maximum Gasteiger partial charge on any atom is 0.237 e. The molecule has 0 spiro atoms. The van der Waals surface area contributed by atoms with Crippen LogP contribution in [0, 0.1) is 5.92 Å². The number of carbonyl (C=O) groups excluding carboxylic acids is 2. The minimum absolute atomic E-state index is 0.101. The average molecular weight is 246 g/mol. The zero-order valence-corrected chi connectivity index (χ0v) is 10.6. The number of anilines is 1. The van der Waals surface area contributed by atoms with Gasteiger partial charge in [0.1, 0.15) is 0 Å². The topological polar surface area (TPSA) is 63.4 Å². The van der Waals surface area contributed by atoms with Gasteiger partial charge < -0.3 is 5.73 Å². The quantitative estimate of drug-likeness (QED) is 0.818. The first-order valence-electron chi connectivity index (χ1n) is 6.29. The second-order valence-electron chi connectivity index (χ2n) is 4.73. The Morgan fingerprint density at radius 3 is 2.78 bits per heavy atom. The van der Waals surface area contributed by atoms with E-state index in [2.05, 4.69) is 0 Å². The molecule has 0 aromatic heterocycles. The van der Waals surface area contributed by atoms with Crippen LogP contribution in [0.4, 0.5) is 5.69 Å². The van der Waals surface area contributed by atoms with Gasteiger partial charge in [-0.3, -0.25) is 14.5 Å². The van der Waals surface area contributed by atoms with Crippen LogP contribution in [0.2, 0.25) is 0 Å². The number of hydrogen-bond donors (Lipinski definition) is 1. The fourth-order valence-corrected chi connectivity index (χ4v) is 2.21. The van der Waals surface area contributed by atoms with Gasteiger partial charge in [0.15, 0.2) is 0 Å². The molecule has 0 radical (unpaired) electrons. The van der Waals surface area contributed by atoms with E-state index in [-0.39, 0.29) is 17.7 Å². The van der Waals surface area contributed by atoms with Crippen LogP contribution < -0.4 is 10.6 Å². The Morgan fingerprint density at radius 2 is 2.17 bits per heavy atom. The Morgan fingerprint density at radius 1 is 1.39 bits per heavy atom. The fourth-order valence-electron chi connectivity index (χ4n) is 2.21. The molecule has 2 N–H and O–H groups in total. The molecule has 1 fully saturated rings. The number of nitrogens with zero attached hydrogens (tertiary/aromatic N) is 1. The monoisotopic (exact) mass is 246 g/mol. The second kappa shape index (κ2) is 5.31. The molecule has 1 aliphatic heterocycles. The molecule has 1 saturated heterocycles. The SMILES string of the molecule is CC1CC(=O)N(c2cccc(CCCN)c2)C1=O. The number of nitrogens with two attached hydrogens (primary N) is 1. The molecular weight excluding hydrogens is 228 g/mol. The van der Waals surface area contributed by atoms with Gasteiger partial charge in [-0.15, -0.1) is 0 Å². The zero-order chi connectivity index (χ0) is 13.1. The predicted molar refractivity (Wildman–Crippen MR) is 70.1 cm³/mol. The molecule has 4 heteroatoms. The van der Waals surface area contributed by atoms with E-state index in [9.17, 15) is 9.59 Å². The van der Waals surface area contributed by atoms with Crippen molar-refractivity contribution in [2.24, 2.45) is 11.7 Å². The Labute approximate surface area is 107 Å². The predicted octanol–water partition coefficient (Wildman–Crippen LogP) is 1.48. The van der Waals surface area contributed by atoms with E-state index >= 15 is 0 Å². The number of rotatable bonds is 4. The third-order valence-electron chi connectivity index (χ3n) is 3.21. The van der Waals surface area contributed by atoms with Gasteiger partial charge >= 0.3 is 0 Å². The van der Waals surface area contributed by atoms with E-state index in [1.54, 1.807) is 13.0 Å². The summed E-state index contributed by atoms with van der Waals surface area (Å²) in [6, 6.07) is 7.58. The summed E-state index contributed by atoms with van der Waals surface area (Å²) >= 11 is 0. The van der Waals surface area contributed by atoms with Crippen molar-refractivity contribution in [3.8, 4) is 0 Å². The Bertz CT molecular complexity index is 471. The summed E-state index contributed by atoms with van der Waals surface area (Å²) in [7, 11) is 0. The van der Waals surface area contributed by atoms with E-state index in [4.69, 9.17) is 5.73 Å². The first-order chi connectivity index (χ1) is 8.63. The van der Waals surface area contributed by atoms with Crippen LogP contribution in [0.1, 0.15) is 25.3 Å². The average Bonchev–Trinajstić information content (AvgIpc) is 2.61. The number of benzene rings is 1. The molecule has 0 saturated carbocycles. The highest BCUT2D eigenvalue weighted by Crippen LogP contribution is 2.26. The normalized spacial score (nSPS) is 19.7. The number of aryl methyl sites for hydroxylation is 1. The molecule has 18 heavy (non-hydrogen) atoms. The Balaban J connectivity index is 2.23. The van der Waals surface area contributed by atoms with Crippen molar-refractivity contribution in [3.63, 3.8) is 0 Å². The summed E-state index contributed by atoms with van der Waals surface area (Å²) in [5.41, 5.74) is 7.27. The van der Waals surface area contributed by atoms with E-state index < -0.39 is 0 Å². The third-order valence-corrected chi connectivity index (χ3v) is 3.21. The molecule has 0 aliphatic carbocycles. The molecule has 1 heterocycles. The van der Waals surface area contributed by atoms with Gasteiger partial charge in [0, 0.05) is 12.3 Å². The van der Waals surface area contributed by atoms with Gasteiger partial charge in [0.2, 0.25) is 11.8 Å². The minimum Gasteiger partial charge on any atom is -0.330 e. The molecule has 2 amide bonds. The summed E-state index contributed by atoms with van der Waals surface area (Å²) in [5, 5.41) is 0. The molecule has 1 unspecified atom stereocenters. The smallest absolute Gasteiger partial charge is 0.237 e. The highest BCUT2D eigenvalue weighted by Gasteiger charge is 2.36. The number of hydrogen-bond acceptors (Lipinski definition) is 3.